The Morgan fingerprint density at radius 3 is 2.38 bits per heavy atom. The number of rotatable bonds is 5. The van der Waals surface area contributed by atoms with Gasteiger partial charge in [0.05, 0.1) is 11.4 Å². The van der Waals surface area contributed by atoms with Gasteiger partial charge in [0.2, 0.25) is 10.0 Å². The predicted molar refractivity (Wildman–Crippen MR) is 80.1 cm³/mol. The zero-order valence-electron chi connectivity index (χ0n) is 11.8. The zero-order chi connectivity index (χ0) is 15.0. The molecule has 0 radical (unpaired) electrons. The van der Waals surface area contributed by atoms with Crippen LogP contribution in [0.15, 0.2) is 45.7 Å². The number of anilines is 1. The first-order chi connectivity index (χ1) is 9.96. The van der Waals surface area contributed by atoms with Crippen LogP contribution in [-0.2, 0) is 16.6 Å². The largest absolute Gasteiger partial charge is 0.465 e. The van der Waals surface area contributed by atoms with E-state index in [1.54, 1.807) is 24.3 Å². The molecule has 1 aromatic carbocycles. The quantitative estimate of drug-likeness (QED) is 0.861. The summed E-state index contributed by atoms with van der Waals surface area (Å²) < 4.78 is 32.6. The van der Waals surface area contributed by atoms with Gasteiger partial charge in [-0.2, -0.15) is 4.31 Å². The fourth-order valence-electron chi connectivity index (χ4n) is 2.27. The van der Waals surface area contributed by atoms with E-state index < -0.39 is 10.0 Å². The molecule has 21 heavy (non-hydrogen) atoms. The van der Waals surface area contributed by atoms with Crippen LogP contribution in [0.5, 0.6) is 0 Å². The Hall–Kier alpha value is -1.79. The Balaban J connectivity index is 1.90. The fourth-order valence-corrected chi connectivity index (χ4v) is 3.92. The minimum atomic E-state index is -3.53. The predicted octanol–water partition coefficient (Wildman–Crippen LogP) is 2.52. The molecule has 2 aromatic rings. The lowest BCUT2D eigenvalue weighted by Crippen LogP contribution is -2.32. The molecule has 5 nitrogen and oxygen atoms in total. The molecule has 112 valence electrons. The van der Waals surface area contributed by atoms with Crippen molar-refractivity contribution in [2.75, 3.05) is 5.73 Å². The van der Waals surface area contributed by atoms with E-state index in [1.807, 2.05) is 19.1 Å². The Bertz CT molecular complexity index is 731. The number of nitrogens with two attached hydrogens (primary N) is 1. The smallest absolute Gasteiger partial charge is 0.243 e. The first-order valence-corrected chi connectivity index (χ1v) is 8.33. The van der Waals surface area contributed by atoms with Crippen molar-refractivity contribution < 1.29 is 12.8 Å². The molecule has 0 amide bonds. The average Bonchev–Trinajstić information content (AvgIpc) is 3.19. The summed E-state index contributed by atoms with van der Waals surface area (Å²) in [4.78, 5) is 0.270. The monoisotopic (exact) mass is 306 g/mol. The number of hydrogen-bond acceptors (Lipinski definition) is 4. The van der Waals surface area contributed by atoms with Crippen LogP contribution in [-0.4, -0.2) is 18.8 Å². The van der Waals surface area contributed by atoms with Crippen molar-refractivity contribution in [2.45, 2.75) is 37.2 Å². The van der Waals surface area contributed by atoms with Gasteiger partial charge in [0.25, 0.3) is 0 Å². The summed E-state index contributed by atoms with van der Waals surface area (Å²) in [5.41, 5.74) is 6.17. The molecule has 1 heterocycles. The highest BCUT2D eigenvalue weighted by Crippen LogP contribution is 2.33. The van der Waals surface area contributed by atoms with E-state index in [0.29, 0.717) is 11.4 Å². The number of sulfonamides is 1. The van der Waals surface area contributed by atoms with Crippen LogP contribution in [0, 0.1) is 6.92 Å². The zero-order valence-corrected chi connectivity index (χ0v) is 12.6. The average molecular weight is 306 g/mol. The van der Waals surface area contributed by atoms with Crippen LogP contribution in [0.3, 0.4) is 0 Å². The first-order valence-electron chi connectivity index (χ1n) is 6.89. The molecular weight excluding hydrogens is 288 g/mol. The van der Waals surface area contributed by atoms with E-state index in [4.69, 9.17) is 10.2 Å². The fraction of sp³-hybridized carbons (Fsp3) is 0.333. The second kappa shape index (κ2) is 5.20. The number of hydrogen-bond donors (Lipinski definition) is 1. The summed E-state index contributed by atoms with van der Waals surface area (Å²) in [7, 11) is -3.53. The second-order valence-corrected chi connectivity index (χ2v) is 7.25. The highest BCUT2D eigenvalue weighted by Gasteiger charge is 2.38. The maximum absolute atomic E-state index is 12.8. The minimum Gasteiger partial charge on any atom is -0.465 e. The Morgan fingerprint density at radius 1 is 1.19 bits per heavy atom. The van der Waals surface area contributed by atoms with Crippen LogP contribution in [0.25, 0.3) is 0 Å². The van der Waals surface area contributed by atoms with Crippen molar-refractivity contribution >= 4 is 15.7 Å². The lowest BCUT2D eigenvalue weighted by molar-refractivity contribution is 0.352. The Morgan fingerprint density at radius 2 is 1.86 bits per heavy atom. The summed E-state index contributed by atoms with van der Waals surface area (Å²) in [6.45, 7) is 2.12. The van der Waals surface area contributed by atoms with Gasteiger partial charge in [-0.25, -0.2) is 8.42 Å². The van der Waals surface area contributed by atoms with Gasteiger partial charge < -0.3 is 10.2 Å². The molecule has 1 saturated carbocycles. The van der Waals surface area contributed by atoms with Gasteiger partial charge in [0.15, 0.2) is 0 Å². The number of aryl methyl sites for hydroxylation is 1. The summed E-state index contributed by atoms with van der Waals surface area (Å²) in [6, 6.07) is 10.0. The molecule has 0 spiro atoms. The molecule has 1 aromatic heterocycles. The van der Waals surface area contributed by atoms with Crippen molar-refractivity contribution in [1.29, 1.82) is 0 Å². The topological polar surface area (TPSA) is 76.5 Å². The summed E-state index contributed by atoms with van der Waals surface area (Å²) >= 11 is 0. The molecule has 0 unspecified atom stereocenters. The van der Waals surface area contributed by atoms with Crippen LogP contribution in [0.1, 0.15) is 24.4 Å². The molecule has 6 heteroatoms. The van der Waals surface area contributed by atoms with Crippen LogP contribution in [0.4, 0.5) is 5.69 Å². The molecule has 0 atom stereocenters. The molecule has 2 N–H and O–H groups in total. The lowest BCUT2D eigenvalue weighted by Gasteiger charge is -2.21. The standard InChI is InChI=1S/C15H18N2O3S/c1-11-2-7-14(20-11)10-17(13-5-6-13)21(18,19)15-8-3-12(16)4-9-15/h2-4,7-9,13H,5-6,10,16H2,1H3. The van der Waals surface area contributed by atoms with Gasteiger partial charge in [0.1, 0.15) is 11.5 Å². The van der Waals surface area contributed by atoms with E-state index in [9.17, 15) is 8.42 Å². The Labute approximate surface area is 124 Å². The molecular formula is C15H18N2O3S. The summed E-state index contributed by atoms with van der Waals surface area (Å²) in [5.74, 6) is 1.45. The molecule has 1 aliphatic carbocycles. The summed E-state index contributed by atoms with van der Waals surface area (Å²) in [6.07, 6.45) is 1.79. The SMILES string of the molecule is Cc1ccc(CN(C2CC2)S(=O)(=O)c2ccc(N)cc2)o1. The molecule has 0 aliphatic heterocycles. The minimum absolute atomic E-state index is 0.0676. The number of nitrogen functional groups attached to an aromatic ring is 1. The molecule has 1 aliphatic rings. The normalized spacial score (nSPS) is 15.5. The van der Waals surface area contributed by atoms with Crippen LogP contribution < -0.4 is 5.73 Å². The van der Waals surface area contributed by atoms with E-state index in [1.165, 1.54) is 4.31 Å². The highest BCUT2D eigenvalue weighted by atomic mass is 32.2. The molecule has 3 rings (SSSR count). The van der Waals surface area contributed by atoms with E-state index in [2.05, 4.69) is 0 Å². The van der Waals surface area contributed by atoms with Crippen molar-refractivity contribution in [3.63, 3.8) is 0 Å². The number of benzene rings is 1. The lowest BCUT2D eigenvalue weighted by atomic mass is 10.3. The number of furan rings is 1. The van der Waals surface area contributed by atoms with Crippen molar-refractivity contribution in [2.24, 2.45) is 0 Å². The molecule has 1 fully saturated rings. The van der Waals surface area contributed by atoms with Gasteiger partial charge in [-0.3, -0.25) is 0 Å². The van der Waals surface area contributed by atoms with E-state index in [-0.39, 0.29) is 17.5 Å². The first kappa shape index (κ1) is 14.2. The Kier molecular flexibility index (Phi) is 3.51. The maximum Gasteiger partial charge on any atom is 0.243 e. The third-order valence-electron chi connectivity index (χ3n) is 3.55. The van der Waals surface area contributed by atoms with Crippen LogP contribution >= 0.6 is 0 Å². The van der Waals surface area contributed by atoms with Crippen LogP contribution in [0.2, 0.25) is 0 Å². The third kappa shape index (κ3) is 2.96. The van der Waals surface area contributed by atoms with Gasteiger partial charge >= 0.3 is 0 Å². The third-order valence-corrected chi connectivity index (χ3v) is 5.46. The summed E-state index contributed by atoms with van der Waals surface area (Å²) in [5, 5.41) is 0. The van der Waals surface area contributed by atoms with E-state index >= 15 is 0 Å². The number of nitrogens with zero attached hydrogens (tertiary/aromatic N) is 1. The second-order valence-electron chi connectivity index (χ2n) is 5.36. The van der Waals surface area contributed by atoms with Crippen molar-refractivity contribution in [3.8, 4) is 0 Å². The van der Waals surface area contributed by atoms with E-state index in [0.717, 1.165) is 18.6 Å². The van der Waals surface area contributed by atoms with Gasteiger partial charge in [-0.15, -0.1) is 0 Å². The highest BCUT2D eigenvalue weighted by molar-refractivity contribution is 7.89. The maximum atomic E-state index is 12.8. The van der Waals surface area contributed by atoms with Gasteiger partial charge in [-0.05, 0) is 56.2 Å². The van der Waals surface area contributed by atoms with Crippen molar-refractivity contribution in [1.82, 2.24) is 4.31 Å². The molecule has 0 bridgehead atoms. The van der Waals surface area contributed by atoms with Crippen molar-refractivity contribution in [3.05, 3.63) is 47.9 Å². The van der Waals surface area contributed by atoms with Gasteiger partial charge in [-0.1, -0.05) is 0 Å². The molecule has 0 saturated heterocycles. The van der Waals surface area contributed by atoms with Gasteiger partial charge in [0, 0.05) is 11.7 Å².